The van der Waals surface area contributed by atoms with Gasteiger partial charge in [-0.25, -0.2) is 0 Å². The topological polar surface area (TPSA) is 67.5 Å². The maximum absolute atomic E-state index is 10.2. The van der Waals surface area contributed by atoms with Crippen LogP contribution in [0.25, 0.3) is 5.57 Å². The zero-order chi connectivity index (χ0) is 11.1. The number of hydrogen-bond donors (Lipinski definition) is 2. The minimum absolute atomic E-state index is 0.641. The van der Waals surface area contributed by atoms with Gasteiger partial charge in [0.05, 0.1) is 0 Å². The summed E-state index contributed by atoms with van der Waals surface area (Å²) in [6, 6.07) is 7.34. The molecule has 0 unspecified atom stereocenters. The van der Waals surface area contributed by atoms with Crippen LogP contribution in [-0.2, 0) is 4.79 Å². The van der Waals surface area contributed by atoms with Gasteiger partial charge in [-0.2, -0.15) is 0 Å². The van der Waals surface area contributed by atoms with Gasteiger partial charge in [0.15, 0.2) is 0 Å². The van der Waals surface area contributed by atoms with E-state index in [1.807, 2.05) is 12.1 Å². The average Bonchev–Trinajstić information content (AvgIpc) is 2.28. The maximum Gasteiger partial charge on any atom is 0.211 e. The summed E-state index contributed by atoms with van der Waals surface area (Å²) >= 11 is 0. The third-order valence-corrected chi connectivity index (χ3v) is 1.89. The number of nitrogens with zero attached hydrogens (tertiary/aromatic N) is 1. The molecule has 0 saturated heterocycles. The van der Waals surface area contributed by atoms with Gasteiger partial charge in [0.1, 0.15) is 0 Å². The van der Waals surface area contributed by atoms with Crippen molar-refractivity contribution in [3.63, 3.8) is 0 Å². The van der Waals surface area contributed by atoms with Crippen LogP contribution in [0.2, 0.25) is 0 Å². The fourth-order valence-electron chi connectivity index (χ4n) is 1.18. The van der Waals surface area contributed by atoms with Crippen LogP contribution in [0, 0.1) is 0 Å². The smallest absolute Gasteiger partial charge is 0.211 e. The highest BCUT2D eigenvalue weighted by Crippen LogP contribution is 2.14. The van der Waals surface area contributed by atoms with Crippen LogP contribution in [-0.4, -0.2) is 19.7 Å². The van der Waals surface area contributed by atoms with Gasteiger partial charge in [-0.3, -0.25) is 9.79 Å². The van der Waals surface area contributed by atoms with Crippen LogP contribution >= 0.6 is 0 Å². The highest BCUT2D eigenvalue weighted by molar-refractivity contribution is 6.09. The summed E-state index contributed by atoms with van der Waals surface area (Å²) < 4.78 is 0. The lowest BCUT2D eigenvalue weighted by atomic mass is 10.1. The molecular weight excluding hydrogens is 190 g/mol. The molecule has 0 aliphatic carbocycles. The second kappa shape index (κ2) is 5.59. The number of nitrogens with two attached hydrogens (primary N) is 1. The number of carbonyl (C=O) groups is 1. The number of benzene rings is 1. The molecule has 1 amide bonds. The van der Waals surface area contributed by atoms with Gasteiger partial charge < -0.3 is 11.1 Å². The summed E-state index contributed by atoms with van der Waals surface area (Å²) in [5.74, 6) is 0. The van der Waals surface area contributed by atoms with Gasteiger partial charge >= 0.3 is 0 Å². The van der Waals surface area contributed by atoms with Crippen molar-refractivity contribution >= 4 is 23.9 Å². The molecule has 0 heterocycles. The second-order valence-electron chi connectivity index (χ2n) is 2.85. The molecule has 78 valence electrons. The van der Waals surface area contributed by atoms with E-state index >= 15 is 0 Å². The predicted molar refractivity (Wildman–Crippen MR) is 62.7 cm³/mol. The van der Waals surface area contributed by atoms with Gasteiger partial charge in [0.2, 0.25) is 6.41 Å². The predicted octanol–water partition coefficient (Wildman–Crippen LogP) is 1.26. The van der Waals surface area contributed by atoms with Gasteiger partial charge in [0, 0.05) is 30.7 Å². The first-order valence-corrected chi connectivity index (χ1v) is 4.46. The lowest BCUT2D eigenvalue weighted by Gasteiger charge is -2.02. The van der Waals surface area contributed by atoms with Crippen LogP contribution in [0.1, 0.15) is 5.56 Å². The van der Waals surface area contributed by atoms with Crippen LogP contribution in [0.4, 0.5) is 5.69 Å². The van der Waals surface area contributed by atoms with Crippen molar-refractivity contribution in [2.24, 2.45) is 10.7 Å². The van der Waals surface area contributed by atoms with E-state index in [-0.39, 0.29) is 0 Å². The molecule has 0 spiro atoms. The molecular formula is C11H13N3O. The van der Waals surface area contributed by atoms with E-state index in [4.69, 9.17) is 5.73 Å². The number of anilines is 1. The molecule has 0 atom stereocenters. The Bertz CT molecular complexity index is 379. The molecule has 0 aromatic heterocycles. The number of allylic oxidation sites excluding steroid dienone is 1. The Balaban J connectivity index is 2.92. The Morgan fingerprint density at radius 3 is 2.53 bits per heavy atom. The molecule has 1 rings (SSSR count). The number of rotatable bonds is 4. The summed E-state index contributed by atoms with van der Waals surface area (Å²) in [5.41, 5.74) is 8.01. The largest absolute Gasteiger partial charge is 0.404 e. The first-order valence-electron chi connectivity index (χ1n) is 4.46. The standard InChI is InChI=1S/C11H13N3O/c1-13-7-10(6-12)9-2-4-11(5-3-9)14-8-15/h2-8H,12H2,1H3,(H,14,15)/b10-6+,13-7?. The first-order chi connectivity index (χ1) is 7.31. The molecule has 0 aliphatic heterocycles. The summed E-state index contributed by atoms with van der Waals surface area (Å²) in [5, 5.41) is 2.56. The number of carbonyl (C=O) groups excluding carboxylic acids is 1. The number of amides is 1. The number of nitrogens with one attached hydrogen (secondary N) is 1. The Kier molecular flexibility index (Phi) is 4.09. The minimum atomic E-state index is 0.641. The van der Waals surface area contributed by atoms with E-state index in [0.717, 1.165) is 16.8 Å². The molecule has 1 aromatic rings. The fraction of sp³-hybridized carbons (Fsp3) is 0.0909. The van der Waals surface area contributed by atoms with Gasteiger partial charge in [0.25, 0.3) is 0 Å². The highest BCUT2D eigenvalue weighted by Gasteiger charge is 1.97. The zero-order valence-electron chi connectivity index (χ0n) is 8.47. The molecule has 4 nitrogen and oxygen atoms in total. The van der Waals surface area contributed by atoms with Crippen molar-refractivity contribution in [1.29, 1.82) is 0 Å². The lowest BCUT2D eigenvalue weighted by Crippen LogP contribution is -1.95. The summed E-state index contributed by atoms with van der Waals surface area (Å²) in [7, 11) is 1.69. The van der Waals surface area contributed by atoms with Crippen molar-refractivity contribution in [1.82, 2.24) is 0 Å². The van der Waals surface area contributed by atoms with Gasteiger partial charge in [-0.15, -0.1) is 0 Å². The number of hydrogen-bond acceptors (Lipinski definition) is 3. The van der Waals surface area contributed by atoms with E-state index in [1.165, 1.54) is 6.20 Å². The van der Waals surface area contributed by atoms with Gasteiger partial charge in [-0.1, -0.05) is 12.1 Å². The lowest BCUT2D eigenvalue weighted by molar-refractivity contribution is -0.105. The highest BCUT2D eigenvalue weighted by atomic mass is 16.1. The molecule has 4 heteroatoms. The van der Waals surface area contributed by atoms with E-state index in [1.54, 1.807) is 25.4 Å². The second-order valence-corrected chi connectivity index (χ2v) is 2.85. The van der Waals surface area contributed by atoms with Crippen molar-refractivity contribution < 1.29 is 4.79 Å². The molecule has 3 N–H and O–H groups in total. The summed E-state index contributed by atoms with van der Waals surface area (Å²) in [6.07, 6.45) is 3.82. The van der Waals surface area contributed by atoms with Crippen LogP contribution < -0.4 is 11.1 Å². The molecule has 0 radical (unpaired) electrons. The SMILES string of the molecule is CN=C/C(=C\N)c1ccc(NC=O)cc1. The van der Waals surface area contributed by atoms with Crippen molar-refractivity contribution in [2.45, 2.75) is 0 Å². The van der Waals surface area contributed by atoms with Crippen molar-refractivity contribution in [2.75, 3.05) is 12.4 Å². The Hall–Kier alpha value is -2.10. The molecule has 15 heavy (non-hydrogen) atoms. The van der Waals surface area contributed by atoms with E-state index in [2.05, 4.69) is 10.3 Å². The van der Waals surface area contributed by atoms with E-state index in [9.17, 15) is 4.79 Å². The minimum Gasteiger partial charge on any atom is -0.404 e. The number of aliphatic imine (C=N–C) groups is 1. The molecule has 0 bridgehead atoms. The maximum atomic E-state index is 10.2. The Labute approximate surface area is 88.5 Å². The molecule has 0 fully saturated rings. The average molecular weight is 203 g/mol. The van der Waals surface area contributed by atoms with Gasteiger partial charge in [-0.05, 0) is 17.7 Å². The van der Waals surface area contributed by atoms with Crippen LogP contribution in [0.15, 0.2) is 35.5 Å². The summed E-state index contributed by atoms with van der Waals surface area (Å²) in [4.78, 5) is 14.1. The zero-order valence-corrected chi connectivity index (χ0v) is 8.47. The van der Waals surface area contributed by atoms with Crippen molar-refractivity contribution in [3.8, 4) is 0 Å². The Morgan fingerprint density at radius 2 is 2.07 bits per heavy atom. The fourth-order valence-corrected chi connectivity index (χ4v) is 1.18. The molecule has 0 saturated carbocycles. The molecule has 0 aliphatic rings. The third-order valence-electron chi connectivity index (χ3n) is 1.89. The monoisotopic (exact) mass is 203 g/mol. The third kappa shape index (κ3) is 2.95. The first kappa shape index (κ1) is 11.0. The summed E-state index contributed by atoms with van der Waals surface area (Å²) in [6.45, 7) is 0. The van der Waals surface area contributed by atoms with E-state index in [0.29, 0.717) is 6.41 Å². The Morgan fingerprint density at radius 1 is 1.40 bits per heavy atom. The van der Waals surface area contributed by atoms with Crippen LogP contribution in [0.3, 0.4) is 0 Å². The van der Waals surface area contributed by atoms with Crippen LogP contribution in [0.5, 0.6) is 0 Å². The van der Waals surface area contributed by atoms with Crippen molar-refractivity contribution in [3.05, 3.63) is 36.0 Å². The quantitative estimate of drug-likeness (QED) is 0.571. The van der Waals surface area contributed by atoms with E-state index < -0.39 is 0 Å². The normalized spacial score (nSPS) is 11.7. The molecule has 1 aromatic carbocycles.